The molecule has 0 saturated carbocycles. The zero-order valence-corrected chi connectivity index (χ0v) is 14.6. The molecule has 122 valence electrons. The lowest BCUT2D eigenvalue weighted by molar-refractivity contribution is 0.222. The van der Waals surface area contributed by atoms with Gasteiger partial charge in [-0.05, 0) is 56.0 Å². The standard InChI is InChI=1S/C20H24ClNO/c1-22(14-13-15-7-4-3-5-8-15)18-10-6-9-16-19(23-2)12-11-17(21)20(16)18/h3-5,7-8,11-12,18H,6,9-10,13-14H2,1-2H3. The van der Waals surface area contributed by atoms with Crippen LogP contribution in [0.15, 0.2) is 42.5 Å². The van der Waals surface area contributed by atoms with Crippen LogP contribution in [0.5, 0.6) is 5.75 Å². The molecule has 0 spiro atoms. The van der Waals surface area contributed by atoms with Gasteiger partial charge in [0, 0.05) is 23.2 Å². The topological polar surface area (TPSA) is 12.5 Å². The van der Waals surface area contributed by atoms with Crippen LogP contribution < -0.4 is 4.74 Å². The highest BCUT2D eigenvalue weighted by Crippen LogP contribution is 2.42. The maximum Gasteiger partial charge on any atom is 0.122 e. The van der Waals surface area contributed by atoms with E-state index in [9.17, 15) is 0 Å². The molecule has 2 nitrogen and oxygen atoms in total. The molecule has 0 N–H and O–H groups in total. The van der Waals surface area contributed by atoms with Crippen molar-refractivity contribution in [1.82, 2.24) is 4.90 Å². The molecule has 0 fully saturated rings. The van der Waals surface area contributed by atoms with Crippen molar-refractivity contribution in [3.63, 3.8) is 0 Å². The van der Waals surface area contributed by atoms with Crippen LogP contribution in [-0.4, -0.2) is 25.6 Å². The van der Waals surface area contributed by atoms with E-state index < -0.39 is 0 Å². The van der Waals surface area contributed by atoms with Crippen molar-refractivity contribution >= 4 is 11.6 Å². The summed E-state index contributed by atoms with van der Waals surface area (Å²) in [5.74, 6) is 0.977. The normalized spacial score (nSPS) is 17.1. The minimum atomic E-state index is 0.380. The Morgan fingerprint density at radius 1 is 1.17 bits per heavy atom. The number of rotatable bonds is 5. The number of fused-ring (bicyclic) bond motifs is 1. The van der Waals surface area contributed by atoms with Crippen LogP contribution in [-0.2, 0) is 12.8 Å². The van der Waals surface area contributed by atoms with Crippen LogP contribution >= 0.6 is 11.6 Å². The Balaban J connectivity index is 1.79. The van der Waals surface area contributed by atoms with Crippen molar-refractivity contribution in [3.05, 3.63) is 64.2 Å². The fourth-order valence-electron chi connectivity index (χ4n) is 3.59. The van der Waals surface area contributed by atoms with E-state index in [0.717, 1.165) is 36.6 Å². The van der Waals surface area contributed by atoms with Crippen molar-refractivity contribution < 1.29 is 4.74 Å². The summed E-state index contributed by atoms with van der Waals surface area (Å²) in [7, 11) is 3.95. The monoisotopic (exact) mass is 329 g/mol. The smallest absolute Gasteiger partial charge is 0.122 e. The van der Waals surface area contributed by atoms with E-state index in [1.54, 1.807) is 7.11 Å². The average Bonchev–Trinajstić information content (AvgIpc) is 2.60. The largest absolute Gasteiger partial charge is 0.496 e. The van der Waals surface area contributed by atoms with Gasteiger partial charge in [-0.25, -0.2) is 0 Å². The highest BCUT2D eigenvalue weighted by atomic mass is 35.5. The average molecular weight is 330 g/mol. The second-order valence-corrected chi connectivity index (χ2v) is 6.67. The van der Waals surface area contributed by atoms with Crippen LogP contribution in [0, 0.1) is 0 Å². The number of benzene rings is 2. The number of ether oxygens (including phenoxy) is 1. The van der Waals surface area contributed by atoms with E-state index in [1.165, 1.54) is 23.1 Å². The van der Waals surface area contributed by atoms with Gasteiger partial charge in [-0.2, -0.15) is 0 Å². The molecule has 0 saturated heterocycles. The summed E-state index contributed by atoms with van der Waals surface area (Å²) in [5.41, 5.74) is 3.95. The molecule has 2 aromatic carbocycles. The number of hydrogen-bond acceptors (Lipinski definition) is 2. The molecule has 1 aliphatic carbocycles. The zero-order valence-electron chi connectivity index (χ0n) is 13.9. The van der Waals surface area contributed by atoms with Gasteiger partial charge in [0.25, 0.3) is 0 Å². The van der Waals surface area contributed by atoms with E-state index in [4.69, 9.17) is 16.3 Å². The number of nitrogens with zero attached hydrogens (tertiary/aromatic N) is 1. The van der Waals surface area contributed by atoms with Crippen molar-refractivity contribution in [1.29, 1.82) is 0 Å². The lowest BCUT2D eigenvalue weighted by Gasteiger charge is -2.34. The summed E-state index contributed by atoms with van der Waals surface area (Å²) in [5, 5.41) is 0.872. The summed E-state index contributed by atoms with van der Waals surface area (Å²) < 4.78 is 5.55. The summed E-state index contributed by atoms with van der Waals surface area (Å²) in [6, 6.07) is 15.0. The van der Waals surface area contributed by atoms with E-state index in [1.807, 2.05) is 12.1 Å². The number of hydrogen-bond donors (Lipinski definition) is 0. The van der Waals surface area contributed by atoms with Crippen LogP contribution in [0.25, 0.3) is 0 Å². The summed E-state index contributed by atoms with van der Waals surface area (Å²) in [4.78, 5) is 2.44. The summed E-state index contributed by atoms with van der Waals surface area (Å²) in [6.45, 7) is 1.03. The van der Waals surface area contributed by atoms with Gasteiger partial charge in [0.2, 0.25) is 0 Å². The van der Waals surface area contributed by atoms with Crippen LogP contribution in [0.4, 0.5) is 0 Å². The first-order chi connectivity index (χ1) is 11.2. The molecular weight excluding hydrogens is 306 g/mol. The maximum absolute atomic E-state index is 6.54. The quantitative estimate of drug-likeness (QED) is 0.773. The van der Waals surface area contributed by atoms with E-state index in [2.05, 4.69) is 42.3 Å². The van der Waals surface area contributed by atoms with Crippen molar-refractivity contribution in [3.8, 4) is 5.75 Å². The molecule has 0 aromatic heterocycles. The first kappa shape index (κ1) is 16.4. The van der Waals surface area contributed by atoms with Gasteiger partial charge in [-0.3, -0.25) is 4.90 Å². The molecule has 0 bridgehead atoms. The molecule has 2 aromatic rings. The molecular formula is C20H24ClNO. The number of likely N-dealkylation sites (N-methyl/N-ethyl adjacent to an activating group) is 1. The summed E-state index contributed by atoms with van der Waals surface area (Å²) in [6.07, 6.45) is 4.46. The maximum atomic E-state index is 6.54. The molecule has 3 rings (SSSR count). The lowest BCUT2D eigenvalue weighted by Crippen LogP contribution is -2.30. The van der Waals surface area contributed by atoms with Gasteiger partial charge in [0.1, 0.15) is 5.75 Å². The molecule has 0 radical (unpaired) electrons. The fourth-order valence-corrected chi connectivity index (χ4v) is 3.89. The Bertz CT molecular complexity index is 656. The van der Waals surface area contributed by atoms with E-state index in [0.29, 0.717) is 6.04 Å². The van der Waals surface area contributed by atoms with Gasteiger partial charge in [0.15, 0.2) is 0 Å². The predicted molar refractivity (Wildman–Crippen MR) is 96.5 cm³/mol. The fraction of sp³-hybridized carbons (Fsp3) is 0.400. The highest BCUT2D eigenvalue weighted by Gasteiger charge is 2.28. The van der Waals surface area contributed by atoms with Crippen LogP contribution in [0.2, 0.25) is 5.02 Å². The Hall–Kier alpha value is -1.51. The van der Waals surface area contributed by atoms with E-state index >= 15 is 0 Å². The second-order valence-electron chi connectivity index (χ2n) is 6.27. The zero-order chi connectivity index (χ0) is 16.2. The SMILES string of the molecule is COc1ccc(Cl)c2c1CCCC2N(C)CCc1ccccc1. The highest BCUT2D eigenvalue weighted by molar-refractivity contribution is 6.31. The molecule has 0 heterocycles. The molecule has 23 heavy (non-hydrogen) atoms. The van der Waals surface area contributed by atoms with Gasteiger partial charge < -0.3 is 4.74 Å². The minimum absolute atomic E-state index is 0.380. The second kappa shape index (κ2) is 7.37. The van der Waals surface area contributed by atoms with Crippen molar-refractivity contribution in [2.45, 2.75) is 31.7 Å². The number of methoxy groups -OCH3 is 1. The summed E-state index contributed by atoms with van der Waals surface area (Å²) >= 11 is 6.54. The Kier molecular flexibility index (Phi) is 5.24. The van der Waals surface area contributed by atoms with Gasteiger partial charge in [0.05, 0.1) is 7.11 Å². The third-order valence-electron chi connectivity index (χ3n) is 4.85. The van der Waals surface area contributed by atoms with Crippen molar-refractivity contribution in [2.24, 2.45) is 0 Å². The first-order valence-electron chi connectivity index (χ1n) is 8.30. The van der Waals surface area contributed by atoms with Crippen LogP contribution in [0.1, 0.15) is 35.6 Å². The third-order valence-corrected chi connectivity index (χ3v) is 5.18. The molecule has 1 atom stereocenters. The lowest BCUT2D eigenvalue weighted by atomic mass is 9.86. The first-order valence-corrected chi connectivity index (χ1v) is 8.68. The molecule has 1 aliphatic rings. The predicted octanol–water partition coefficient (Wildman–Crippen LogP) is 4.90. The van der Waals surface area contributed by atoms with Gasteiger partial charge in [-0.15, -0.1) is 0 Å². The molecule has 0 amide bonds. The van der Waals surface area contributed by atoms with Crippen LogP contribution in [0.3, 0.4) is 0 Å². The Morgan fingerprint density at radius 3 is 2.70 bits per heavy atom. The van der Waals surface area contributed by atoms with Gasteiger partial charge >= 0.3 is 0 Å². The molecule has 0 aliphatic heterocycles. The molecule has 1 unspecified atom stereocenters. The number of halogens is 1. The van der Waals surface area contributed by atoms with Crippen molar-refractivity contribution in [2.75, 3.05) is 20.7 Å². The van der Waals surface area contributed by atoms with Gasteiger partial charge in [-0.1, -0.05) is 41.9 Å². The minimum Gasteiger partial charge on any atom is -0.496 e. The Labute approximate surface area is 144 Å². The Morgan fingerprint density at radius 2 is 1.96 bits per heavy atom. The van der Waals surface area contributed by atoms with E-state index in [-0.39, 0.29) is 0 Å². The molecule has 3 heteroatoms. The third kappa shape index (κ3) is 3.54.